The first-order chi connectivity index (χ1) is 9.08. The Kier molecular flexibility index (Phi) is 4.61. The minimum atomic E-state index is -0.0811. The molecule has 2 unspecified atom stereocenters. The van der Waals surface area contributed by atoms with E-state index in [-0.39, 0.29) is 12.1 Å². The third kappa shape index (κ3) is 3.58. The molecule has 2 N–H and O–H groups in total. The highest BCUT2D eigenvalue weighted by Crippen LogP contribution is 2.29. The molecule has 0 saturated heterocycles. The molecule has 0 aliphatic heterocycles. The highest BCUT2D eigenvalue weighted by atomic mass is 32.1. The molecule has 1 aromatic heterocycles. The van der Waals surface area contributed by atoms with Crippen LogP contribution in [0.3, 0.4) is 0 Å². The lowest BCUT2D eigenvalue weighted by molar-refractivity contribution is 0.184. The number of hydrogen-bond donors (Lipinski definition) is 1. The minimum absolute atomic E-state index is 0.0404. The number of benzene rings is 1. The Balaban J connectivity index is 2.20. The van der Waals surface area contributed by atoms with Crippen LogP contribution in [-0.4, -0.2) is 6.04 Å². The Hall–Kier alpha value is -1.32. The van der Waals surface area contributed by atoms with Crippen LogP contribution in [-0.2, 0) is 0 Å². The van der Waals surface area contributed by atoms with Crippen molar-refractivity contribution in [2.24, 2.45) is 5.73 Å². The fourth-order valence-corrected chi connectivity index (χ4v) is 2.84. The van der Waals surface area contributed by atoms with Gasteiger partial charge in [-0.3, -0.25) is 0 Å². The van der Waals surface area contributed by atoms with Gasteiger partial charge >= 0.3 is 0 Å². The fraction of sp³-hybridized carbons (Fsp3) is 0.375. The van der Waals surface area contributed by atoms with Gasteiger partial charge in [-0.25, -0.2) is 0 Å². The molecule has 1 heterocycles. The molecule has 3 heteroatoms. The lowest BCUT2D eigenvalue weighted by Gasteiger charge is -2.22. The van der Waals surface area contributed by atoms with Crippen molar-refractivity contribution >= 4 is 11.3 Å². The highest BCUT2D eigenvalue weighted by molar-refractivity contribution is 7.10. The number of rotatable bonds is 5. The van der Waals surface area contributed by atoms with Crippen molar-refractivity contribution in [3.05, 3.63) is 52.2 Å². The first-order valence-electron chi connectivity index (χ1n) is 6.63. The Morgan fingerprint density at radius 3 is 2.47 bits per heavy atom. The molecule has 0 aliphatic rings. The van der Waals surface area contributed by atoms with Crippen molar-refractivity contribution in [2.45, 2.75) is 38.8 Å². The highest BCUT2D eigenvalue weighted by Gasteiger charge is 2.19. The summed E-state index contributed by atoms with van der Waals surface area (Å²) in [5, 5.41) is 2.05. The number of ether oxygens (including phenoxy) is 1. The molecule has 2 nitrogen and oxygen atoms in total. The maximum absolute atomic E-state index is 6.10. The van der Waals surface area contributed by atoms with E-state index in [1.165, 1.54) is 10.4 Å². The van der Waals surface area contributed by atoms with Crippen LogP contribution in [0.15, 0.2) is 41.8 Å². The van der Waals surface area contributed by atoms with Gasteiger partial charge in [-0.2, -0.15) is 0 Å². The Morgan fingerprint density at radius 2 is 1.89 bits per heavy atom. The Labute approximate surface area is 119 Å². The zero-order valence-corrected chi connectivity index (χ0v) is 12.5. The maximum atomic E-state index is 6.10. The van der Waals surface area contributed by atoms with Crippen molar-refractivity contribution in [2.75, 3.05) is 0 Å². The first-order valence-corrected chi connectivity index (χ1v) is 7.51. The number of thiophene rings is 1. The summed E-state index contributed by atoms with van der Waals surface area (Å²) < 4.78 is 6.10. The molecule has 0 spiro atoms. The van der Waals surface area contributed by atoms with Gasteiger partial charge in [0, 0.05) is 10.9 Å². The van der Waals surface area contributed by atoms with E-state index in [2.05, 4.69) is 37.4 Å². The van der Waals surface area contributed by atoms with E-state index in [1.54, 1.807) is 11.3 Å². The van der Waals surface area contributed by atoms with Gasteiger partial charge < -0.3 is 10.5 Å². The second-order valence-electron chi connectivity index (χ2n) is 5.14. The molecule has 0 aliphatic carbocycles. The molecule has 2 rings (SSSR count). The Bertz CT molecular complexity index is 505. The zero-order valence-electron chi connectivity index (χ0n) is 11.7. The molecule has 2 aromatic rings. The summed E-state index contributed by atoms with van der Waals surface area (Å²) in [6, 6.07) is 12.3. The number of nitrogens with two attached hydrogens (primary N) is 1. The van der Waals surface area contributed by atoms with Gasteiger partial charge in [0.1, 0.15) is 11.9 Å². The third-order valence-electron chi connectivity index (χ3n) is 3.09. The van der Waals surface area contributed by atoms with Crippen LogP contribution in [0.2, 0.25) is 0 Å². The van der Waals surface area contributed by atoms with Crippen molar-refractivity contribution < 1.29 is 4.74 Å². The van der Waals surface area contributed by atoms with E-state index in [1.807, 2.05) is 25.1 Å². The molecular formula is C16H21NOS. The van der Waals surface area contributed by atoms with Crippen LogP contribution < -0.4 is 10.5 Å². The summed E-state index contributed by atoms with van der Waals surface area (Å²) in [5.41, 5.74) is 7.34. The van der Waals surface area contributed by atoms with Crippen molar-refractivity contribution in [1.29, 1.82) is 0 Å². The van der Waals surface area contributed by atoms with Crippen molar-refractivity contribution in [3.63, 3.8) is 0 Å². The molecule has 0 fully saturated rings. The molecule has 0 radical (unpaired) electrons. The summed E-state index contributed by atoms with van der Waals surface area (Å²) in [6.07, 6.45) is -0.0811. The normalized spacial score (nSPS) is 14.4. The average molecular weight is 275 g/mol. The van der Waals surface area contributed by atoms with Gasteiger partial charge in [-0.15, -0.1) is 11.3 Å². The standard InChI is InChI=1S/C16H21NOS/c1-11(2)13-6-4-7-14(10-13)18-16(12(3)17)15-8-5-9-19-15/h4-12,16H,17H2,1-3H3. The van der Waals surface area contributed by atoms with Crippen LogP contribution >= 0.6 is 11.3 Å². The monoisotopic (exact) mass is 275 g/mol. The van der Waals surface area contributed by atoms with Gasteiger partial charge in [0.05, 0.1) is 0 Å². The Morgan fingerprint density at radius 1 is 1.11 bits per heavy atom. The van der Waals surface area contributed by atoms with E-state index in [9.17, 15) is 0 Å². The topological polar surface area (TPSA) is 35.2 Å². The van der Waals surface area contributed by atoms with E-state index in [0.717, 1.165) is 5.75 Å². The van der Waals surface area contributed by atoms with E-state index < -0.39 is 0 Å². The van der Waals surface area contributed by atoms with Crippen LogP contribution in [0.1, 0.15) is 43.2 Å². The van der Waals surface area contributed by atoms with E-state index in [4.69, 9.17) is 10.5 Å². The van der Waals surface area contributed by atoms with Crippen LogP contribution in [0.25, 0.3) is 0 Å². The zero-order chi connectivity index (χ0) is 13.8. The second-order valence-corrected chi connectivity index (χ2v) is 6.12. The van der Waals surface area contributed by atoms with Gasteiger partial charge in [0.15, 0.2) is 0 Å². The summed E-state index contributed by atoms with van der Waals surface area (Å²) in [4.78, 5) is 1.17. The largest absolute Gasteiger partial charge is 0.483 e. The maximum Gasteiger partial charge on any atom is 0.148 e. The molecule has 1 aromatic carbocycles. The molecule has 0 bridgehead atoms. The molecule has 0 amide bonds. The van der Waals surface area contributed by atoms with E-state index >= 15 is 0 Å². The van der Waals surface area contributed by atoms with Crippen LogP contribution in [0.4, 0.5) is 0 Å². The van der Waals surface area contributed by atoms with Gasteiger partial charge in [-0.05, 0) is 42.0 Å². The predicted octanol–water partition coefficient (Wildman–Crippen LogP) is 4.34. The lowest BCUT2D eigenvalue weighted by atomic mass is 10.0. The molecule has 2 atom stereocenters. The minimum Gasteiger partial charge on any atom is -0.483 e. The second kappa shape index (κ2) is 6.22. The number of hydrogen-bond acceptors (Lipinski definition) is 3. The quantitative estimate of drug-likeness (QED) is 0.881. The predicted molar refractivity (Wildman–Crippen MR) is 81.9 cm³/mol. The van der Waals surface area contributed by atoms with Crippen LogP contribution in [0, 0.1) is 0 Å². The molecule has 19 heavy (non-hydrogen) atoms. The molecule has 0 saturated carbocycles. The summed E-state index contributed by atoms with van der Waals surface area (Å²) in [7, 11) is 0. The first kappa shape index (κ1) is 14.1. The third-order valence-corrected chi connectivity index (χ3v) is 4.02. The fourth-order valence-electron chi connectivity index (χ4n) is 1.97. The van der Waals surface area contributed by atoms with Crippen molar-refractivity contribution in [3.8, 4) is 5.75 Å². The molecular weight excluding hydrogens is 254 g/mol. The van der Waals surface area contributed by atoms with E-state index in [0.29, 0.717) is 5.92 Å². The summed E-state index contributed by atoms with van der Waals surface area (Å²) in [5.74, 6) is 1.39. The smallest absolute Gasteiger partial charge is 0.148 e. The van der Waals surface area contributed by atoms with Crippen LogP contribution in [0.5, 0.6) is 5.75 Å². The summed E-state index contributed by atoms with van der Waals surface area (Å²) in [6.45, 7) is 6.35. The van der Waals surface area contributed by atoms with Crippen molar-refractivity contribution in [1.82, 2.24) is 0 Å². The molecule has 102 valence electrons. The lowest BCUT2D eigenvalue weighted by Crippen LogP contribution is -2.28. The van der Waals surface area contributed by atoms with Gasteiger partial charge in [-0.1, -0.05) is 32.0 Å². The SMILES string of the molecule is CC(C)c1cccc(OC(c2cccs2)C(C)N)c1. The van der Waals surface area contributed by atoms with Gasteiger partial charge in [0.2, 0.25) is 0 Å². The summed E-state index contributed by atoms with van der Waals surface area (Å²) >= 11 is 1.68. The van der Waals surface area contributed by atoms with Gasteiger partial charge in [0.25, 0.3) is 0 Å². The average Bonchev–Trinajstić information content (AvgIpc) is 2.89.